The van der Waals surface area contributed by atoms with Crippen LogP contribution in [-0.2, 0) is 9.53 Å². The van der Waals surface area contributed by atoms with E-state index in [4.69, 9.17) is 4.74 Å². The highest BCUT2D eigenvalue weighted by atomic mass is 19.1. The lowest BCUT2D eigenvalue weighted by Crippen LogP contribution is -2.48. The lowest BCUT2D eigenvalue weighted by atomic mass is 10.0. The van der Waals surface area contributed by atoms with E-state index < -0.39 is 0 Å². The predicted octanol–water partition coefficient (Wildman–Crippen LogP) is 1.38. The van der Waals surface area contributed by atoms with Crippen LogP contribution >= 0.6 is 0 Å². The first-order valence-corrected chi connectivity index (χ1v) is 10.5. The second-order valence-corrected chi connectivity index (χ2v) is 7.46. The molecule has 1 atom stereocenters. The fourth-order valence-corrected chi connectivity index (χ4v) is 3.86. The Morgan fingerprint density at radius 2 is 1.79 bits per heavy atom. The van der Waals surface area contributed by atoms with Gasteiger partial charge in [0.2, 0.25) is 5.91 Å². The Labute approximate surface area is 172 Å². The normalized spacial score (nSPS) is 19.7. The second-order valence-electron chi connectivity index (χ2n) is 7.46. The van der Waals surface area contributed by atoms with Gasteiger partial charge in [0.15, 0.2) is 5.96 Å². The molecular weight excluding hydrogens is 373 g/mol. The Morgan fingerprint density at radius 1 is 1.10 bits per heavy atom. The van der Waals surface area contributed by atoms with Gasteiger partial charge in [-0.25, -0.2) is 4.39 Å². The first-order chi connectivity index (χ1) is 14.2. The number of nitrogens with zero attached hydrogens (tertiary/aromatic N) is 3. The number of benzene rings is 1. The van der Waals surface area contributed by atoms with Gasteiger partial charge in [0.1, 0.15) is 5.82 Å². The molecule has 2 aliphatic heterocycles. The van der Waals surface area contributed by atoms with E-state index in [0.717, 1.165) is 44.6 Å². The summed E-state index contributed by atoms with van der Waals surface area (Å²) >= 11 is 0. The highest BCUT2D eigenvalue weighted by Gasteiger charge is 2.23. The van der Waals surface area contributed by atoms with Crippen molar-refractivity contribution >= 4 is 11.9 Å². The molecule has 2 heterocycles. The van der Waals surface area contributed by atoms with E-state index in [9.17, 15) is 9.18 Å². The van der Waals surface area contributed by atoms with Crippen molar-refractivity contribution in [1.29, 1.82) is 0 Å². The Bertz CT molecular complexity index is 670. The molecule has 1 aromatic rings. The molecule has 2 aliphatic rings. The van der Waals surface area contributed by atoms with Gasteiger partial charge >= 0.3 is 0 Å². The molecule has 0 radical (unpaired) electrons. The van der Waals surface area contributed by atoms with Crippen molar-refractivity contribution in [2.45, 2.75) is 25.3 Å². The monoisotopic (exact) mass is 405 g/mol. The van der Waals surface area contributed by atoms with Crippen LogP contribution in [0.1, 0.15) is 30.9 Å². The molecular formula is C21H32FN5O2. The third-order valence-electron chi connectivity index (χ3n) is 5.54. The van der Waals surface area contributed by atoms with Crippen LogP contribution in [0.25, 0.3) is 0 Å². The van der Waals surface area contributed by atoms with Gasteiger partial charge in [0.05, 0.1) is 25.8 Å². The number of ether oxygens (including phenoxy) is 1. The van der Waals surface area contributed by atoms with E-state index in [1.165, 1.54) is 18.6 Å². The molecule has 160 valence electrons. The molecule has 0 spiro atoms. The number of rotatable bonds is 6. The molecule has 1 aromatic carbocycles. The van der Waals surface area contributed by atoms with E-state index in [2.05, 4.69) is 20.5 Å². The van der Waals surface area contributed by atoms with Crippen molar-refractivity contribution in [3.8, 4) is 0 Å². The van der Waals surface area contributed by atoms with Gasteiger partial charge in [-0.05, 0) is 37.0 Å². The number of likely N-dealkylation sites (tertiary alicyclic amines) is 1. The van der Waals surface area contributed by atoms with E-state index in [1.54, 1.807) is 7.05 Å². The lowest BCUT2D eigenvalue weighted by molar-refractivity contribution is -0.130. The quantitative estimate of drug-likeness (QED) is 0.553. The summed E-state index contributed by atoms with van der Waals surface area (Å²) in [5.74, 6) is 0.461. The van der Waals surface area contributed by atoms with Crippen LogP contribution in [0, 0.1) is 5.82 Å². The van der Waals surface area contributed by atoms with Gasteiger partial charge in [-0.1, -0.05) is 12.1 Å². The van der Waals surface area contributed by atoms with Crippen molar-refractivity contribution in [3.05, 3.63) is 35.6 Å². The Balaban J connectivity index is 1.56. The largest absolute Gasteiger partial charge is 0.379 e. The van der Waals surface area contributed by atoms with Crippen molar-refractivity contribution in [2.75, 3.05) is 59.5 Å². The number of nitrogens with one attached hydrogen (secondary N) is 2. The minimum absolute atomic E-state index is 0.0656. The lowest BCUT2D eigenvalue weighted by Gasteiger charge is -2.35. The SMILES string of the molecule is CN=C(NCC(=O)N1CCCCC1)NCC(c1ccc(F)cc1)N1CCOCC1. The zero-order chi connectivity index (χ0) is 20.5. The van der Waals surface area contributed by atoms with Crippen molar-refractivity contribution in [2.24, 2.45) is 4.99 Å². The van der Waals surface area contributed by atoms with Gasteiger partial charge in [-0.2, -0.15) is 0 Å². The van der Waals surface area contributed by atoms with Crippen molar-refractivity contribution in [3.63, 3.8) is 0 Å². The fourth-order valence-electron chi connectivity index (χ4n) is 3.86. The smallest absolute Gasteiger partial charge is 0.241 e. The van der Waals surface area contributed by atoms with Gasteiger partial charge in [0, 0.05) is 39.8 Å². The number of carbonyl (C=O) groups excluding carboxylic acids is 1. The first kappa shape index (κ1) is 21.5. The molecule has 1 amide bonds. The van der Waals surface area contributed by atoms with Gasteiger partial charge in [0.25, 0.3) is 0 Å². The number of hydrogen-bond donors (Lipinski definition) is 2. The highest BCUT2D eigenvalue weighted by molar-refractivity contribution is 5.86. The zero-order valence-electron chi connectivity index (χ0n) is 17.2. The van der Waals surface area contributed by atoms with Gasteiger partial charge in [-0.3, -0.25) is 14.7 Å². The van der Waals surface area contributed by atoms with E-state index in [-0.39, 0.29) is 24.3 Å². The number of halogens is 1. The number of hydrogen-bond acceptors (Lipinski definition) is 4. The van der Waals surface area contributed by atoms with Crippen LogP contribution < -0.4 is 10.6 Å². The van der Waals surface area contributed by atoms with Crippen LogP contribution in [-0.4, -0.2) is 81.2 Å². The molecule has 2 N–H and O–H groups in total. The summed E-state index contributed by atoms with van der Waals surface area (Å²) in [6.07, 6.45) is 3.36. The molecule has 7 nitrogen and oxygen atoms in total. The average molecular weight is 406 g/mol. The van der Waals surface area contributed by atoms with Gasteiger partial charge < -0.3 is 20.3 Å². The molecule has 0 aromatic heterocycles. The maximum Gasteiger partial charge on any atom is 0.241 e. The molecule has 0 aliphatic carbocycles. The molecule has 8 heteroatoms. The van der Waals surface area contributed by atoms with Crippen LogP contribution in [0.2, 0.25) is 0 Å². The summed E-state index contributed by atoms with van der Waals surface area (Å²) in [5.41, 5.74) is 1.04. The fraction of sp³-hybridized carbons (Fsp3) is 0.619. The maximum atomic E-state index is 13.4. The Morgan fingerprint density at radius 3 is 2.45 bits per heavy atom. The number of guanidine groups is 1. The van der Waals surface area contributed by atoms with E-state index in [1.807, 2.05) is 17.0 Å². The highest BCUT2D eigenvalue weighted by Crippen LogP contribution is 2.21. The molecule has 1 unspecified atom stereocenters. The van der Waals surface area contributed by atoms with E-state index in [0.29, 0.717) is 25.7 Å². The summed E-state index contributed by atoms with van der Waals surface area (Å²) in [6.45, 7) is 5.55. The summed E-state index contributed by atoms with van der Waals surface area (Å²) < 4.78 is 18.9. The summed E-state index contributed by atoms with van der Waals surface area (Å²) in [4.78, 5) is 20.9. The van der Waals surface area contributed by atoms with Crippen molar-refractivity contribution < 1.29 is 13.9 Å². The Kier molecular flexibility index (Phi) is 8.25. The van der Waals surface area contributed by atoms with Crippen LogP contribution in [0.5, 0.6) is 0 Å². The van der Waals surface area contributed by atoms with Crippen molar-refractivity contribution in [1.82, 2.24) is 20.4 Å². The first-order valence-electron chi connectivity index (χ1n) is 10.5. The Hall–Kier alpha value is -2.19. The molecule has 2 fully saturated rings. The third-order valence-corrected chi connectivity index (χ3v) is 5.54. The number of piperidine rings is 1. The van der Waals surface area contributed by atoms with E-state index >= 15 is 0 Å². The molecule has 2 saturated heterocycles. The minimum atomic E-state index is -0.240. The summed E-state index contributed by atoms with van der Waals surface area (Å²) in [5, 5.41) is 6.46. The van der Waals surface area contributed by atoms with Crippen LogP contribution in [0.15, 0.2) is 29.3 Å². The standard InChI is InChI=1S/C21H32FN5O2/c1-23-21(25-16-20(28)27-9-3-2-4-10-27)24-15-19(26-11-13-29-14-12-26)17-5-7-18(22)8-6-17/h5-8,19H,2-4,9-16H2,1H3,(H2,23,24,25). The predicted molar refractivity (Wildman–Crippen MR) is 111 cm³/mol. The minimum Gasteiger partial charge on any atom is -0.379 e. The molecule has 3 rings (SSSR count). The maximum absolute atomic E-state index is 13.4. The number of carbonyl (C=O) groups is 1. The van der Waals surface area contributed by atoms with Crippen LogP contribution in [0.4, 0.5) is 4.39 Å². The summed E-state index contributed by atoms with van der Waals surface area (Å²) in [7, 11) is 1.70. The number of aliphatic imine (C=N–C) groups is 1. The molecule has 0 bridgehead atoms. The number of morpholine rings is 1. The number of amides is 1. The molecule has 0 saturated carbocycles. The zero-order valence-corrected chi connectivity index (χ0v) is 17.2. The van der Waals surface area contributed by atoms with Crippen LogP contribution in [0.3, 0.4) is 0 Å². The average Bonchev–Trinajstić information content (AvgIpc) is 2.78. The van der Waals surface area contributed by atoms with Gasteiger partial charge in [-0.15, -0.1) is 0 Å². The second kappa shape index (κ2) is 11.1. The molecule has 29 heavy (non-hydrogen) atoms. The third kappa shape index (κ3) is 6.40. The summed E-state index contributed by atoms with van der Waals surface area (Å²) in [6, 6.07) is 6.71. The topological polar surface area (TPSA) is 69.2 Å².